The minimum absolute atomic E-state index is 0.667. The molecule has 0 saturated heterocycles. The summed E-state index contributed by atoms with van der Waals surface area (Å²) in [6.45, 7) is 2.63. The Morgan fingerprint density at radius 2 is 2.36 bits per heavy atom. The molecule has 4 heteroatoms. The smallest absolute Gasteiger partial charge is 0.121 e. The normalized spacial score (nSPS) is 10.1. The Hall–Kier alpha value is -1.84. The van der Waals surface area contributed by atoms with Crippen LogP contribution in [0.3, 0.4) is 0 Å². The summed E-state index contributed by atoms with van der Waals surface area (Å²) in [5.74, 6) is 0.848. The molecule has 14 heavy (non-hydrogen) atoms. The molecule has 0 bridgehead atoms. The van der Waals surface area contributed by atoms with Crippen LogP contribution in [-0.2, 0) is 0 Å². The van der Waals surface area contributed by atoms with Gasteiger partial charge in [0.05, 0.1) is 24.7 Å². The molecule has 0 radical (unpaired) electrons. The first-order valence-electron chi connectivity index (χ1n) is 4.49. The van der Waals surface area contributed by atoms with E-state index in [4.69, 9.17) is 4.74 Å². The van der Waals surface area contributed by atoms with E-state index in [0.29, 0.717) is 6.61 Å². The Bertz CT molecular complexity index is 398. The summed E-state index contributed by atoms with van der Waals surface area (Å²) in [6.07, 6.45) is 3.44. The Labute approximate surface area is 82.1 Å². The van der Waals surface area contributed by atoms with Gasteiger partial charge in [-0.25, -0.2) is 4.68 Å². The van der Waals surface area contributed by atoms with Crippen LogP contribution >= 0.6 is 0 Å². The molecule has 4 nitrogen and oxygen atoms in total. The quantitative estimate of drug-likeness (QED) is 0.737. The minimum atomic E-state index is 0.667. The van der Waals surface area contributed by atoms with Gasteiger partial charge in [-0.3, -0.25) is 0 Å². The van der Waals surface area contributed by atoms with Crippen LogP contribution in [0.15, 0.2) is 36.7 Å². The van der Waals surface area contributed by atoms with E-state index >= 15 is 0 Å². The lowest BCUT2D eigenvalue weighted by Crippen LogP contribution is -1.97. The van der Waals surface area contributed by atoms with Crippen molar-refractivity contribution in [3.8, 4) is 11.4 Å². The largest absolute Gasteiger partial charge is 0.494 e. The second kappa shape index (κ2) is 3.91. The first-order chi connectivity index (χ1) is 6.90. The molecule has 2 aromatic rings. The van der Waals surface area contributed by atoms with Crippen molar-refractivity contribution in [1.82, 2.24) is 15.0 Å². The van der Waals surface area contributed by atoms with Crippen molar-refractivity contribution in [2.24, 2.45) is 0 Å². The number of hydrogen-bond acceptors (Lipinski definition) is 3. The zero-order valence-electron chi connectivity index (χ0n) is 7.92. The average Bonchev–Trinajstić information content (AvgIpc) is 2.71. The van der Waals surface area contributed by atoms with Gasteiger partial charge in [0.2, 0.25) is 0 Å². The van der Waals surface area contributed by atoms with Crippen molar-refractivity contribution in [3.63, 3.8) is 0 Å². The summed E-state index contributed by atoms with van der Waals surface area (Å²) in [5, 5.41) is 7.65. The Morgan fingerprint density at radius 3 is 3.07 bits per heavy atom. The first-order valence-corrected chi connectivity index (χ1v) is 4.49. The fourth-order valence-electron chi connectivity index (χ4n) is 1.23. The number of ether oxygens (including phenoxy) is 1. The monoisotopic (exact) mass is 189 g/mol. The number of nitrogens with zero attached hydrogens (tertiary/aromatic N) is 3. The molecule has 0 saturated carbocycles. The maximum Gasteiger partial charge on any atom is 0.121 e. The van der Waals surface area contributed by atoms with Gasteiger partial charge >= 0.3 is 0 Å². The van der Waals surface area contributed by atoms with E-state index < -0.39 is 0 Å². The van der Waals surface area contributed by atoms with Crippen molar-refractivity contribution in [3.05, 3.63) is 36.7 Å². The minimum Gasteiger partial charge on any atom is -0.494 e. The van der Waals surface area contributed by atoms with E-state index in [9.17, 15) is 0 Å². The van der Waals surface area contributed by atoms with Crippen LogP contribution in [0.4, 0.5) is 0 Å². The second-order valence-corrected chi connectivity index (χ2v) is 2.78. The molecular formula is C10H11N3O. The third-order valence-electron chi connectivity index (χ3n) is 1.82. The zero-order valence-corrected chi connectivity index (χ0v) is 7.92. The van der Waals surface area contributed by atoms with E-state index in [1.165, 1.54) is 0 Å². The molecule has 1 aromatic carbocycles. The summed E-state index contributed by atoms with van der Waals surface area (Å²) >= 11 is 0. The van der Waals surface area contributed by atoms with Gasteiger partial charge in [-0.05, 0) is 19.1 Å². The van der Waals surface area contributed by atoms with Crippen molar-refractivity contribution in [2.75, 3.05) is 6.61 Å². The number of rotatable bonds is 3. The first kappa shape index (κ1) is 8.74. The summed E-state index contributed by atoms with van der Waals surface area (Å²) < 4.78 is 7.08. The number of hydrogen-bond donors (Lipinski definition) is 0. The average molecular weight is 189 g/mol. The van der Waals surface area contributed by atoms with E-state index in [2.05, 4.69) is 10.3 Å². The molecule has 0 unspecified atom stereocenters. The van der Waals surface area contributed by atoms with Gasteiger partial charge in [0.15, 0.2) is 0 Å². The van der Waals surface area contributed by atoms with Gasteiger partial charge in [-0.1, -0.05) is 11.3 Å². The molecule has 0 N–H and O–H groups in total. The molecule has 1 heterocycles. The van der Waals surface area contributed by atoms with Crippen LogP contribution in [-0.4, -0.2) is 21.6 Å². The predicted octanol–water partition coefficient (Wildman–Crippen LogP) is 1.67. The lowest BCUT2D eigenvalue weighted by Gasteiger charge is -2.04. The molecule has 0 aliphatic rings. The fourth-order valence-corrected chi connectivity index (χ4v) is 1.23. The summed E-state index contributed by atoms with van der Waals surface area (Å²) in [6, 6.07) is 7.74. The molecule has 1 aromatic heterocycles. The zero-order chi connectivity index (χ0) is 9.80. The molecule has 2 rings (SSSR count). The lowest BCUT2D eigenvalue weighted by molar-refractivity contribution is 0.340. The van der Waals surface area contributed by atoms with Crippen molar-refractivity contribution < 1.29 is 4.74 Å². The molecular weight excluding hydrogens is 178 g/mol. The van der Waals surface area contributed by atoms with Crippen molar-refractivity contribution in [1.29, 1.82) is 0 Å². The van der Waals surface area contributed by atoms with Crippen LogP contribution in [0.2, 0.25) is 0 Å². The molecule has 0 atom stereocenters. The van der Waals surface area contributed by atoms with Crippen molar-refractivity contribution in [2.45, 2.75) is 6.92 Å². The highest BCUT2D eigenvalue weighted by Crippen LogP contribution is 2.15. The van der Waals surface area contributed by atoms with Crippen molar-refractivity contribution >= 4 is 0 Å². The number of benzene rings is 1. The third-order valence-corrected chi connectivity index (χ3v) is 1.82. The Morgan fingerprint density at radius 1 is 1.43 bits per heavy atom. The summed E-state index contributed by atoms with van der Waals surface area (Å²) in [7, 11) is 0. The van der Waals surface area contributed by atoms with Crippen LogP contribution in [0, 0.1) is 0 Å². The van der Waals surface area contributed by atoms with Gasteiger partial charge in [0, 0.05) is 6.07 Å². The topological polar surface area (TPSA) is 39.9 Å². The maximum atomic E-state index is 5.38. The highest BCUT2D eigenvalue weighted by atomic mass is 16.5. The third kappa shape index (κ3) is 1.74. The molecule has 0 spiro atoms. The molecule has 0 fully saturated rings. The van der Waals surface area contributed by atoms with E-state index in [1.54, 1.807) is 17.1 Å². The molecule has 0 aliphatic heterocycles. The predicted molar refractivity (Wildman–Crippen MR) is 52.5 cm³/mol. The standard InChI is InChI=1S/C10H11N3O/c1-2-14-10-5-3-4-9(8-10)13-7-6-11-12-13/h3-8H,2H2,1H3. The SMILES string of the molecule is CCOc1cccc(-n2ccnn2)c1. The van der Waals surface area contributed by atoms with E-state index in [0.717, 1.165) is 11.4 Å². The highest BCUT2D eigenvalue weighted by molar-refractivity contribution is 5.38. The fraction of sp³-hybridized carbons (Fsp3) is 0.200. The van der Waals surface area contributed by atoms with E-state index in [1.807, 2.05) is 31.2 Å². The highest BCUT2D eigenvalue weighted by Gasteiger charge is 1.98. The van der Waals surface area contributed by atoms with E-state index in [-0.39, 0.29) is 0 Å². The molecule has 72 valence electrons. The van der Waals surface area contributed by atoms with Gasteiger partial charge < -0.3 is 4.74 Å². The van der Waals surface area contributed by atoms with Crippen LogP contribution in [0.25, 0.3) is 5.69 Å². The lowest BCUT2D eigenvalue weighted by atomic mass is 10.3. The van der Waals surface area contributed by atoms with Gasteiger partial charge in [-0.15, -0.1) is 5.10 Å². The summed E-state index contributed by atoms with van der Waals surface area (Å²) in [4.78, 5) is 0. The Balaban J connectivity index is 2.31. The Kier molecular flexibility index (Phi) is 2.44. The number of aromatic nitrogens is 3. The van der Waals surface area contributed by atoms with Crippen LogP contribution in [0.5, 0.6) is 5.75 Å². The molecule has 0 amide bonds. The van der Waals surface area contributed by atoms with Gasteiger partial charge in [0.1, 0.15) is 5.75 Å². The maximum absolute atomic E-state index is 5.38. The summed E-state index contributed by atoms with van der Waals surface area (Å²) in [5.41, 5.74) is 0.952. The van der Waals surface area contributed by atoms with Gasteiger partial charge in [0.25, 0.3) is 0 Å². The second-order valence-electron chi connectivity index (χ2n) is 2.78. The van der Waals surface area contributed by atoms with Crippen LogP contribution in [0.1, 0.15) is 6.92 Å². The van der Waals surface area contributed by atoms with Gasteiger partial charge in [-0.2, -0.15) is 0 Å². The molecule has 0 aliphatic carbocycles. The van der Waals surface area contributed by atoms with Crippen LogP contribution < -0.4 is 4.74 Å².